The third-order valence-corrected chi connectivity index (χ3v) is 3.96. The van der Waals surface area contributed by atoms with Crippen LogP contribution in [0.3, 0.4) is 0 Å². The van der Waals surface area contributed by atoms with Crippen LogP contribution >= 0.6 is 39.1 Å². The minimum absolute atomic E-state index is 0.0666. The zero-order valence-electron chi connectivity index (χ0n) is 11.1. The summed E-state index contributed by atoms with van der Waals surface area (Å²) in [7, 11) is 1.49. The van der Waals surface area contributed by atoms with Gasteiger partial charge in [0.2, 0.25) is 0 Å². The van der Waals surface area contributed by atoms with Gasteiger partial charge in [-0.15, -0.1) is 0 Å². The normalized spacial score (nSPS) is 10.5. The molecule has 0 N–H and O–H groups in total. The number of alkyl halides is 1. The Hall–Kier alpha value is -0.970. The molecular weight excluding hydrogens is 382 g/mol. The average Bonchev–Trinajstić information content (AvgIpc) is 2.46. The van der Waals surface area contributed by atoms with Crippen molar-refractivity contribution in [3.63, 3.8) is 0 Å². The second-order valence-electron chi connectivity index (χ2n) is 4.26. The molecule has 0 amide bonds. The van der Waals surface area contributed by atoms with Crippen molar-refractivity contribution in [1.29, 1.82) is 0 Å². The van der Waals surface area contributed by atoms with E-state index < -0.39 is 0 Å². The molecule has 0 spiro atoms. The van der Waals surface area contributed by atoms with Gasteiger partial charge in [-0.1, -0.05) is 39.1 Å². The predicted octanol–water partition coefficient (Wildman–Crippen LogP) is 5.62. The summed E-state index contributed by atoms with van der Waals surface area (Å²) < 4.78 is 24.5. The lowest BCUT2D eigenvalue weighted by molar-refractivity contribution is 0.297. The first-order valence-electron chi connectivity index (χ1n) is 6.04. The zero-order chi connectivity index (χ0) is 15.4. The second-order valence-corrected chi connectivity index (χ2v) is 5.66. The van der Waals surface area contributed by atoms with Crippen LogP contribution in [0.5, 0.6) is 11.5 Å². The van der Waals surface area contributed by atoms with E-state index >= 15 is 0 Å². The highest BCUT2D eigenvalue weighted by molar-refractivity contribution is 9.08. The molecule has 2 aromatic carbocycles. The summed E-state index contributed by atoms with van der Waals surface area (Å²) in [5.41, 5.74) is 1.23. The molecule has 0 bridgehead atoms. The first kappa shape index (κ1) is 16.4. The molecule has 2 aromatic rings. The third-order valence-electron chi connectivity index (χ3n) is 2.86. The van der Waals surface area contributed by atoms with Gasteiger partial charge >= 0.3 is 0 Å². The van der Waals surface area contributed by atoms with E-state index in [1.807, 2.05) is 0 Å². The highest BCUT2D eigenvalue weighted by Gasteiger charge is 2.12. The first-order chi connectivity index (χ1) is 10.0. The van der Waals surface area contributed by atoms with Crippen LogP contribution in [-0.2, 0) is 11.9 Å². The first-order valence-corrected chi connectivity index (χ1v) is 7.92. The van der Waals surface area contributed by atoms with Crippen LogP contribution in [0.25, 0.3) is 0 Å². The quantitative estimate of drug-likeness (QED) is 0.614. The number of hydrogen-bond acceptors (Lipinski definition) is 2. The average molecular weight is 394 g/mol. The molecule has 0 atom stereocenters. The summed E-state index contributed by atoms with van der Waals surface area (Å²) in [5, 5.41) is 1.46. The fourth-order valence-corrected chi connectivity index (χ4v) is 2.80. The molecular formula is C15H12BrCl2FO2. The molecule has 0 saturated carbocycles. The maximum Gasteiger partial charge on any atom is 0.142 e. The second kappa shape index (κ2) is 7.34. The van der Waals surface area contributed by atoms with Crippen LogP contribution in [0.15, 0.2) is 30.3 Å². The van der Waals surface area contributed by atoms with Crippen LogP contribution in [0.1, 0.15) is 11.1 Å². The summed E-state index contributed by atoms with van der Waals surface area (Å²) in [5.74, 6) is 0.565. The number of ether oxygens (including phenoxy) is 2. The van der Waals surface area contributed by atoms with Gasteiger partial charge in [-0.3, -0.25) is 0 Å². The van der Waals surface area contributed by atoms with E-state index in [4.69, 9.17) is 32.7 Å². The Labute approximate surface area is 140 Å². The van der Waals surface area contributed by atoms with Crippen molar-refractivity contribution in [3.05, 3.63) is 57.3 Å². The lowest BCUT2D eigenvalue weighted by atomic mass is 10.2. The molecule has 6 heteroatoms. The Bertz CT molecular complexity index is 650. The van der Waals surface area contributed by atoms with E-state index in [9.17, 15) is 4.39 Å². The van der Waals surface area contributed by atoms with Crippen LogP contribution in [0, 0.1) is 5.82 Å². The van der Waals surface area contributed by atoms with Crippen molar-refractivity contribution in [2.45, 2.75) is 11.9 Å². The van der Waals surface area contributed by atoms with Gasteiger partial charge in [0.25, 0.3) is 0 Å². The lowest BCUT2D eigenvalue weighted by Gasteiger charge is -2.13. The van der Waals surface area contributed by atoms with Gasteiger partial charge in [-0.05, 0) is 24.3 Å². The molecule has 0 aliphatic carbocycles. The molecule has 21 heavy (non-hydrogen) atoms. The number of halogens is 4. The number of hydrogen-bond donors (Lipinski definition) is 0. The predicted molar refractivity (Wildman–Crippen MR) is 86.4 cm³/mol. The minimum atomic E-state index is -0.389. The number of rotatable bonds is 5. The largest absolute Gasteiger partial charge is 0.497 e. The lowest BCUT2D eigenvalue weighted by Crippen LogP contribution is -2.01. The van der Waals surface area contributed by atoms with Crippen molar-refractivity contribution in [2.24, 2.45) is 0 Å². The molecule has 0 heterocycles. The third kappa shape index (κ3) is 4.02. The van der Waals surface area contributed by atoms with E-state index in [-0.39, 0.29) is 12.4 Å². The van der Waals surface area contributed by atoms with Gasteiger partial charge in [-0.25, -0.2) is 4.39 Å². The monoisotopic (exact) mass is 392 g/mol. The van der Waals surface area contributed by atoms with Crippen LogP contribution in [0.2, 0.25) is 10.0 Å². The number of benzene rings is 2. The summed E-state index contributed by atoms with van der Waals surface area (Å²) in [4.78, 5) is 0. The van der Waals surface area contributed by atoms with E-state index in [2.05, 4.69) is 15.9 Å². The Morgan fingerprint density at radius 2 is 1.90 bits per heavy atom. The summed E-state index contributed by atoms with van der Waals surface area (Å²) in [6.07, 6.45) is 0. The fraction of sp³-hybridized carbons (Fsp3) is 0.200. The summed E-state index contributed by atoms with van der Waals surface area (Å²) >= 11 is 15.4. The van der Waals surface area contributed by atoms with Crippen LogP contribution in [0.4, 0.5) is 4.39 Å². The van der Waals surface area contributed by atoms with Gasteiger partial charge in [0.05, 0.1) is 12.1 Å². The highest BCUT2D eigenvalue weighted by Crippen LogP contribution is 2.34. The van der Waals surface area contributed by atoms with Crippen molar-refractivity contribution in [1.82, 2.24) is 0 Å². The van der Waals surface area contributed by atoms with Gasteiger partial charge in [0, 0.05) is 27.5 Å². The van der Waals surface area contributed by atoms with Crippen LogP contribution < -0.4 is 9.47 Å². The maximum atomic E-state index is 13.9. The summed E-state index contributed by atoms with van der Waals surface area (Å²) in [6.45, 7) is 0.0666. The smallest absolute Gasteiger partial charge is 0.142 e. The standard InChI is InChI=1S/C15H12BrCl2FO2/c1-20-12-3-2-9(14(19)6-12)8-21-15-10(7-16)4-11(17)5-13(15)18/h2-6H,7-8H2,1H3. The fourth-order valence-electron chi connectivity index (χ4n) is 1.80. The van der Waals surface area contributed by atoms with Gasteiger partial charge in [0.15, 0.2) is 0 Å². The van der Waals surface area contributed by atoms with Gasteiger partial charge in [0.1, 0.15) is 23.9 Å². The Kier molecular flexibility index (Phi) is 5.73. The van der Waals surface area contributed by atoms with Gasteiger partial charge in [-0.2, -0.15) is 0 Å². The van der Waals surface area contributed by atoms with Crippen molar-refractivity contribution >= 4 is 39.1 Å². The molecule has 0 aromatic heterocycles. The molecule has 0 saturated heterocycles. The molecule has 0 radical (unpaired) electrons. The van der Waals surface area contributed by atoms with Crippen molar-refractivity contribution in [2.75, 3.05) is 7.11 Å². The highest BCUT2D eigenvalue weighted by atomic mass is 79.9. The van der Waals surface area contributed by atoms with E-state index in [0.717, 1.165) is 5.56 Å². The van der Waals surface area contributed by atoms with Crippen molar-refractivity contribution < 1.29 is 13.9 Å². The number of methoxy groups -OCH3 is 1. The van der Waals surface area contributed by atoms with Crippen molar-refractivity contribution in [3.8, 4) is 11.5 Å². The van der Waals surface area contributed by atoms with Gasteiger partial charge < -0.3 is 9.47 Å². The Morgan fingerprint density at radius 1 is 1.14 bits per heavy atom. The Morgan fingerprint density at radius 3 is 2.52 bits per heavy atom. The molecule has 2 rings (SSSR count). The van der Waals surface area contributed by atoms with Crippen LogP contribution in [-0.4, -0.2) is 7.11 Å². The van der Waals surface area contributed by atoms with E-state index in [1.165, 1.54) is 13.2 Å². The zero-order valence-corrected chi connectivity index (χ0v) is 14.2. The molecule has 0 fully saturated rings. The molecule has 112 valence electrons. The van der Waals surface area contributed by atoms with E-state index in [0.29, 0.717) is 32.4 Å². The SMILES string of the molecule is COc1ccc(COc2c(Cl)cc(Cl)cc2CBr)c(F)c1. The van der Waals surface area contributed by atoms with E-state index in [1.54, 1.807) is 24.3 Å². The Balaban J connectivity index is 2.20. The minimum Gasteiger partial charge on any atom is -0.497 e. The molecule has 2 nitrogen and oxygen atoms in total. The molecule has 0 unspecified atom stereocenters. The molecule has 0 aliphatic heterocycles. The topological polar surface area (TPSA) is 18.5 Å². The maximum absolute atomic E-state index is 13.9. The molecule has 0 aliphatic rings. The summed E-state index contributed by atoms with van der Waals surface area (Å²) in [6, 6.07) is 7.95.